The second kappa shape index (κ2) is 8.88. The van der Waals surface area contributed by atoms with Gasteiger partial charge < -0.3 is 15.5 Å². The fourth-order valence-corrected chi connectivity index (χ4v) is 3.61. The number of hydrogen-bond donors (Lipinski definition) is 2. The second-order valence-corrected chi connectivity index (χ2v) is 6.99. The molecule has 1 aliphatic heterocycles. The summed E-state index contributed by atoms with van der Waals surface area (Å²) >= 11 is 0. The van der Waals surface area contributed by atoms with Gasteiger partial charge in [0.05, 0.1) is 6.54 Å². The molecule has 0 atom stereocenters. The van der Waals surface area contributed by atoms with Gasteiger partial charge >= 0.3 is 0 Å². The van der Waals surface area contributed by atoms with Gasteiger partial charge in [0, 0.05) is 31.2 Å². The van der Waals surface area contributed by atoms with Gasteiger partial charge in [-0.3, -0.25) is 4.79 Å². The molecule has 0 aromatic heterocycles. The normalized spacial score (nSPS) is 19.3. The molecule has 1 aliphatic carbocycles. The van der Waals surface area contributed by atoms with E-state index in [9.17, 15) is 4.79 Å². The number of nitrogens with one attached hydrogen (secondary N) is 2. The third kappa shape index (κ3) is 4.97. The van der Waals surface area contributed by atoms with Crippen LogP contribution in [0.4, 0.5) is 5.69 Å². The average Bonchev–Trinajstić information content (AvgIpc) is 3.14. The SMILES string of the molecule is CCNC(=NCc1ccc(N2CCCCC2=O)cc1)NC1CCCC1. The first-order chi connectivity index (χ1) is 12.3. The molecule has 1 amide bonds. The van der Waals surface area contributed by atoms with Gasteiger partial charge in [0.15, 0.2) is 5.96 Å². The molecule has 1 aromatic rings. The van der Waals surface area contributed by atoms with E-state index in [1.807, 2.05) is 17.0 Å². The van der Waals surface area contributed by atoms with Crippen molar-refractivity contribution in [2.24, 2.45) is 4.99 Å². The highest BCUT2D eigenvalue weighted by Gasteiger charge is 2.19. The Morgan fingerprint density at radius 3 is 2.60 bits per heavy atom. The van der Waals surface area contributed by atoms with E-state index in [0.29, 0.717) is 19.0 Å². The molecule has 0 bridgehead atoms. The first kappa shape index (κ1) is 17.8. The lowest BCUT2D eigenvalue weighted by Crippen LogP contribution is -2.42. The van der Waals surface area contributed by atoms with Gasteiger partial charge in [-0.1, -0.05) is 25.0 Å². The van der Waals surface area contributed by atoms with E-state index in [2.05, 4.69) is 29.7 Å². The molecule has 5 nitrogen and oxygen atoms in total. The van der Waals surface area contributed by atoms with Crippen LogP contribution in [-0.4, -0.2) is 31.0 Å². The zero-order chi connectivity index (χ0) is 17.5. The summed E-state index contributed by atoms with van der Waals surface area (Å²) in [4.78, 5) is 18.6. The molecular formula is C20H30N4O. The zero-order valence-electron chi connectivity index (χ0n) is 15.3. The van der Waals surface area contributed by atoms with E-state index in [4.69, 9.17) is 4.99 Å². The number of aliphatic imine (C=N–C) groups is 1. The van der Waals surface area contributed by atoms with Crippen LogP contribution < -0.4 is 15.5 Å². The number of nitrogens with zero attached hydrogens (tertiary/aromatic N) is 2. The van der Waals surface area contributed by atoms with E-state index in [-0.39, 0.29) is 5.91 Å². The molecule has 2 aliphatic rings. The van der Waals surface area contributed by atoms with Gasteiger partial charge in [0.2, 0.25) is 5.91 Å². The van der Waals surface area contributed by atoms with Gasteiger partial charge in [-0.05, 0) is 50.3 Å². The predicted octanol–water partition coefficient (Wildman–Crippen LogP) is 3.20. The molecular weight excluding hydrogens is 312 g/mol. The fourth-order valence-electron chi connectivity index (χ4n) is 3.61. The van der Waals surface area contributed by atoms with Crippen molar-refractivity contribution in [1.82, 2.24) is 10.6 Å². The number of guanidine groups is 1. The van der Waals surface area contributed by atoms with Crippen molar-refractivity contribution >= 4 is 17.6 Å². The topological polar surface area (TPSA) is 56.7 Å². The van der Waals surface area contributed by atoms with Crippen molar-refractivity contribution in [3.63, 3.8) is 0 Å². The summed E-state index contributed by atoms with van der Waals surface area (Å²) in [5.41, 5.74) is 2.17. The van der Waals surface area contributed by atoms with Crippen LogP contribution >= 0.6 is 0 Å². The van der Waals surface area contributed by atoms with E-state index in [1.165, 1.54) is 25.7 Å². The highest BCUT2D eigenvalue weighted by atomic mass is 16.2. The van der Waals surface area contributed by atoms with Crippen LogP contribution in [0, 0.1) is 0 Å². The summed E-state index contributed by atoms with van der Waals surface area (Å²) in [5, 5.41) is 6.88. The Bertz CT molecular complexity index is 590. The van der Waals surface area contributed by atoms with Crippen molar-refractivity contribution in [2.75, 3.05) is 18.0 Å². The molecule has 1 saturated heterocycles. The van der Waals surface area contributed by atoms with Crippen LogP contribution in [0.25, 0.3) is 0 Å². The largest absolute Gasteiger partial charge is 0.357 e. The smallest absolute Gasteiger partial charge is 0.226 e. The molecule has 2 fully saturated rings. The number of rotatable bonds is 5. The van der Waals surface area contributed by atoms with Crippen molar-refractivity contribution in [1.29, 1.82) is 0 Å². The Balaban J connectivity index is 1.59. The molecule has 2 N–H and O–H groups in total. The lowest BCUT2D eigenvalue weighted by molar-refractivity contribution is -0.119. The van der Waals surface area contributed by atoms with Crippen molar-refractivity contribution in [3.05, 3.63) is 29.8 Å². The fraction of sp³-hybridized carbons (Fsp3) is 0.600. The molecule has 5 heteroatoms. The van der Waals surface area contributed by atoms with Crippen LogP contribution in [0.15, 0.2) is 29.3 Å². The maximum Gasteiger partial charge on any atom is 0.226 e. The molecule has 1 heterocycles. The molecule has 0 radical (unpaired) electrons. The molecule has 1 aromatic carbocycles. The van der Waals surface area contributed by atoms with Crippen molar-refractivity contribution in [2.45, 2.75) is 64.5 Å². The number of carbonyl (C=O) groups is 1. The molecule has 1 saturated carbocycles. The lowest BCUT2D eigenvalue weighted by atomic mass is 10.1. The Hall–Kier alpha value is -2.04. The van der Waals surface area contributed by atoms with E-state index >= 15 is 0 Å². The molecule has 0 unspecified atom stereocenters. The third-order valence-electron chi connectivity index (χ3n) is 5.03. The van der Waals surface area contributed by atoms with Crippen molar-refractivity contribution < 1.29 is 4.79 Å². The number of carbonyl (C=O) groups excluding carboxylic acids is 1. The van der Waals surface area contributed by atoms with Crippen LogP contribution in [0.3, 0.4) is 0 Å². The van der Waals surface area contributed by atoms with Crippen LogP contribution in [0.1, 0.15) is 57.4 Å². The average molecular weight is 342 g/mol. The Labute approximate surface area is 150 Å². The second-order valence-electron chi connectivity index (χ2n) is 6.99. The quantitative estimate of drug-likeness (QED) is 0.638. The van der Waals surface area contributed by atoms with Gasteiger partial charge in [-0.15, -0.1) is 0 Å². The summed E-state index contributed by atoms with van der Waals surface area (Å²) in [6.07, 6.45) is 7.89. The Morgan fingerprint density at radius 1 is 1.16 bits per heavy atom. The standard InChI is InChI=1S/C20H30N4O/c1-2-21-20(23-17-7-3-4-8-17)22-15-16-10-12-18(13-11-16)24-14-6-5-9-19(24)25/h10-13,17H,2-9,14-15H2,1H3,(H2,21,22,23). The Kier molecular flexibility index (Phi) is 6.31. The minimum Gasteiger partial charge on any atom is -0.357 e. The van der Waals surface area contributed by atoms with Gasteiger partial charge in [0.1, 0.15) is 0 Å². The highest BCUT2D eigenvalue weighted by Crippen LogP contribution is 2.21. The summed E-state index contributed by atoms with van der Waals surface area (Å²) < 4.78 is 0. The minimum atomic E-state index is 0.243. The molecule has 25 heavy (non-hydrogen) atoms. The number of benzene rings is 1. The predicted molar refractivity (Wildman–Crippen MR) is 103 cm³/mol. The summed E-state index contributed by atoms with van der Waals surface area (Å²) in [5.74, 6) is 1.15. The number of hydrogen-bond acceptors (Lipinski definition) is 2. The Morgan fingerprint density at radius 2 is 1.92 bits per heavy atom. The van der Waals surface area contributed by atoms with E-state index in [0.717, 1.165) is 43.1 Å². The molecule has 136 valence electrons. The van der Waals surface area contributed by atoms with Crippen LogP contribution in [-0.2, 0) is 11.3 Å². The van der Waals surface area contributed by atoms with E-state index in [1.54, 1.807) is 0 Å². The van der Waals surface area contributed by atoms with Gasteiger partial charge in [0.25, 0.3) is 0 Å². The summed E-state index contributed by atoms with van der Waals surface area (Å²) in [7, 11) is 0. The first-order valence-corrected chi connectivity index (χ1v) is 9.70. The molecule has 0 spiro atoms. The summed E-state index contributed by atoms with van der Waals surface area (Å²) in [6, 6.07) is 8.82. The number of amides is 1. The maximum absolute atomic E-state index is 12.0. The van der Waals surface area contributed by atoms with Gasteiger partial charge in [-0.25, -0.2) is 4.99 Å². The summed E-state index contributed by atoms with van der Waals surface area (Å²) in [6.45, 7) is 4.45. The molecule has 3 rings (SSSR count). The maximum atomic E-state index is 12.0. The third-order valence-corrected chi connectivity index (χ3v) is 5.03. The lowest BCUT2D eigenvalue weighted by Gasteiger charge is -2.26. The van der Waals surface area contributed by atoms with E-state index < -0.39 is 0 Å². The van der Waals surface area contributed by atoms with Gasteiger partial charge in [-0.2, -0.15) is 0 Å². The van der Waals surface area contributed by atoms with Crippen LogP contribution in [0.5, 0.6) is 0 Å². The van der Waals surface area contributed by atoms with Crippen molar-refractivity contribution in [3.8, 4) is 0 Å². The monoisotopic (exact) mass is 342 g/mol. The minimum absolute atomic E-state index is 0.243. The highest BCUT2D eigenvalue weighted by molar-refractivity contribution is 5.93. The first-order valence-electron chi connectivity index (χ1n) is 9.70. The number of anilines is 1. The number of piperidine rings is 1. The zero-order valence-corrected chi connectivity index (χ0v) is 15.3. The van der Waals surface area contributed by atoms with Crippen LogP contribution in [0.2, 0.25) is 0 Å².